The lowest BCUT2D eigenvalue weighted by atomic mass is 9.80. The Kier molecular flexibility index (Phi) is 9.10. The molecule has 2 unspecified atom stereocenters. The summed E-state index contributed by atoms with van der Waals surface area (Å²) >= 11 is 0. The highest BCUT2D eigenvalue weighted by Crippen LogP contribution is 2.29. The Bertz CT molecular complexity index is 1260. The van der Waals surface area contributed by atoms with E-state index in [1.807, 2.05) is 48.5 Å². The van der Waals surface area contributed by atoms with Gasteiger partial charge in [0.25, 0.3) is 5.91 Å². The number of hydrogen-bond donors (Lipinski definition) is 5. The summed E-state index contributed by atoms with van der Waals surface area (Å²) in [5.41, 5.74) is 5.74. The Hall–Kier alpha value is -3.75. The van der Waals surface area contributed by atoms with Crippen LogP contribution in [-0.2, 0) is 16.0 Å². The van der Waals surface area contributed by atoms with Crippen molar-refractivity contribution in [3.8, 4) is 0 Å². The van der Waals surface area contributed by atoms with Gasteiger partial charge in [0.2, 0.25) is 11.8 Å². The molecule has 3 aromatic carbocycles. The van der Waals surface area contributed by atoms with Crippen molar-refractivity contribution < 1.29 is 19.5 Å². The maximum absolute atomic E-state index is 13.8. The Balaban J connectivity index is 1.56. The van der Waals surface area contributed by atoms with Crippen molar-refractivity contribution in [2.24, 2.45) is 5.73 Å². The van der Waals surface area contributed by atoms with Crippen LogP contribution in [-0.4, -0.2) is 53.6 Å². The summed E-state index contributed by atoms with van der Waals surface area (Å²) in [7, 11) is 0. The smallest absolute Gasteiger partial charge is 0.252 e. The summed E-state index contributed by atoms with van der Waals surface area (Å²) in [6.07, 6.45) is 2.93. The lowest BCUT2D eigenvalue weighted by molar-refractivity contribution is -0.133. The molecule has 200 valence electrons. The van der Waals surface area contributed by atoms with Gasteiger partial charge in [-0.3, -0.25) is 14.4 Å². The van der Waals surface area contributed by atoms with Crippen molar-refractivity contribution >= 4 is 28.5 Å². The van der Waals surface area contributed by atoms with E-state index in [1.54, 1.807) is 24.3 Å². The van der Waals surface area contributed by atoms with Gasteiger partial charge in [0.1, 0.15) is 11.6 Å². The van der Waals surface area contributed by atoms with Crippen molar-refractivity contribution in [1.29, 1.82) is 0 Å². The maximum atomic E-state index is 13.8. The van der Waals surface area contributed by atoms with E-state index in [-0.39, 0.29) is 31.3 Å². The first-order chi connectivity index (χ1) is 18.4. The number of rotatable bonds is 10. The predicted molar refractivity (Wildman–Crippen MR) is 147 cm³/mol. The molecule has 0 saturated heterocycles. The molecule has 38 heavy (non-hydrogen) atoms. The van der Waals surface area contributed by atoms with Crippen molar-refractivity contribution in [3.05, 3.63) is 83.9 Å². The summed E-state index contributed by atoms with van der Waals surface area (Å²) in [4.78, 5) is 40.1. The van der Waals surface area contributed by atoms with Gasteiger partial charge in [-0.05, 0) is 41.3 Å². The highest BCUT2D eigenvalue weighted by atomic mass is 16.3. The number of hydrogen-bond acceptors (Lipinski definition) is 5. The summed E-state index contributed by atoms with van der Waals surface area (Å²) in [5.74, 6) is -1.11. The van der Waals surface area contributed by atoms with Crippen molar-refractivity contribution in [1.82, 2.24) is 16.0 Å². The molecule has 8 nitrogen and oxygen atoms in total. The summed E-state index contributed by atoms with van der Waals surface area (Å²) in [5, 5.41) is 20.6. The molecular formula is C30H36N4O4. The molecule has 1 aliphatic carbocycles. The fourth-order valence-corrected chi connectivity index (χ4v) is 4.98. The van der Waals surface area contributed by atoms with Crippen LogP contribution >= 0.6 is 0 Å². The molecule has 0 heterocycles. The van der Waals surface area contributed by atoms with E-state index in [4.69, 9.17) is 5.73 Å². The van der Waals surface area contributed by atoms with E-state index in [0.717, 1.165) is 35.6 Å². The van der Waals surface area contributed by atoms with Gasteiger partial charge in [0, 0.05) is 25.1 Å². The highest BCUT2D eigenvalue weighted by molar-refractivity contribution is 6.00. The lowest BCUT2D eigenvalue weighted by Gasteiger charge is -2.37. The minimum absolute atomic E-state index is 0.0105. The average molecular weight is 517 g/mol. The highest BCUT2D eigenvalue weighted by Gasteiger charge is 2.42. The Morgan fingerprint density at radius 2 is 1.58 bits per heavy atom. The van der Waals surface area contributed by atoms with E-state index in [0.29, 0.717) is 18.4 Å². The number of nitrogens with one attached hydrogen (secondary N) is 3. The minimum Gasteiger partial charge on any atom is -0.390 e. The van der Waals surface area contributed by atoms with Crippen LogP contribution in [0.3, 0.4) is 0 Å². The third-order valence-electron chi connectivity index (χ3n) is 7.19. The van der Waals surface area contributed by atoms with Gasteiger partial charge in [-0.25, -0.2) is 0 Å². The first-order valence-corrected chi connectivity index (χ1v) is 13.2. The standard InChI is InChI=1S/C30H36N4O4/c31-19-25(35)20-32-28(37)26(18-21-13-14-22-9-5-6-12-24(22)17-21)33-29(38)30(15-7-2-8-16-30)34-27(36)23-10-3-1-4-11-23/h1,3-6,9-14,17,25-26,35H,2,7-8,15-16,18-20,31H2,(H,32,37)(H,33,38)(H,34,36). The Morgan fingerprint density at radius 3 is 2.29 bits per heavy atom. The molecule has 1 saturated carbocycles. The van der Waals surface area contributed by atoms with Gasteiger partial charge in [-0.1, -0.05) is 79.9 Å². The topological polar surface area (TPSA) is 134 Å². The molecular weight excluding hydrogens is 480 g/mol. The molecule has 0 aliphatic heterocycles. The number of fused-ring (bicyclic) bond motifs is 1. The fourth-order valence-electron chi connectivity index (χ4n) is 4.98. The fraction of sp³-hybridized carbons (Fsp3) is 0.367. The largest absolute Gasteiger partial charge is 0.390 e. The summed E-state index contributed by atoms with van der Waals surface area (Å²) < 4.78 is 0. The predicted octanol–water partition coefficient (Wildman–Crippen LogP) is 2.44. The van der Waals surface area contributed by atoms with E-state index in [9.17, 15) is 19.5 Å². The van der Waals surface area contributed by atoms with Crippen LogP contribution in [0.15, 0.2) is 72.8 Å². The van der Waals surface area contributed by atoms with Crippen LogP contribution in [0, 0.1) is 0 Å². The minimum atomic E-state index is -1.11. The van der Waals surface area contributed by atoms with Gasteiger partial charge >= 0.3 is 0 Å². The van der Waals surface area contributed by atoms with Gasteiger partial charge in [0.05, 0.1) is 6.10 Å². The van der Waals surface area contributed by atoms with Crippen LogP contribution < -0.4 is 21.7 Å². The molecule has 8 heteroatoms. The maximum Gasteiger partial charge on any atom is 0.252 e. The zero-order chi connectivity index (χ0) is 27.0. The summed E-state index contributed by atoms with van der Waals surface area (Å²) in [6, 6.07) is 21.8. The third-order valence-corrected chi connectivity index (χ3v) is 7.19. The van der Waals surface area contributed by atoms with Crippen LogP contribution in [0.2, 0.25) is 0 Å². The molecule has 4 rings (SSSR count). The molecule has 1 fully saturated rings. The third kappa shape index (κ3) is 6.76. The first-order valence-electron chi connectivity index (χ1n) is 13.2. The van der Waals surface area contributed by atoms with Gasteiger partial charge in [0.15, 0.2) is 0 Å². The molecule has 2 atom stereocenters. The number of amides is 3. The van der Waals surface area contributed by atoms with Crippen molar-refractivity contribution in [2.45, 2.75) is 56.2 Å². The first kappa shape index (κ1) is 27.3. The van der Waals surface area contributed by atoms with E-state index >= 15 is 0 Å². The second-order valence-corrected chi connectivity index (χ2v) is 10.0. The number of nitrogens with two attached hydrogens (primary N) is 1. The van der Waals surface area contributed by atoms with Gasteiger partial charge < -0.3 is 26.8 Å². The molecule has 0 bridgehead atoms. The molecule has 0 aromatic heterocycles. The monoisotopic (exact) mass is 516 g/mol. The second kappa shape index (κ2) is 12.7. The Morgan fingerprint density at radius 1 is 0.895 bits per heavy atom. The molecule has 0 radical (unpaired) electrons. The molecule has 3 aromatic rings. The van der Waals surface area contributed by atoms with Crippen molar-refractivity contribution in [2.75, 3.05) is 13.1 Å². The Labute approximate surface area is 223 Å². The number of carbonyl (C=O) groups excluding carboxylic acids is 3. The molecule has 6 N–H and O–H groups in total. The average Bonchev–Trinajstić information content (AvgIpc) is 2.96. The number of benzene rings is 3. The zero-order valence-corrected chi connectivity index (χ0v) is 21.5. The molecule has 0 spiro atoms. The van der Waals surface area contributed by atoms with E-state index in [2.05, 4.69) is 16.0 Å². The van der Waals surface area contributed by atoms with Crippen molar-refractivity contribution in [3.63, 3.8) is 0 Å². The molecule has 3 amide bonds. The van der Waals surface area contributed by atoms with Crippen LogP contribution in [0.25, 0.3) is 10.8 Å². The molecule has 1 aliphatic rings. The quantitative estimate of drug-likeness (QED) is 0.282. The van der Waals surface area contributed by atoms with Gasteiger partial charge in [-0.2, -0.15) is 0 Å². The van der Waals surface area contributed by atoms with E-state index < -0.39 is 23.6 Å². The second-order valence-electron chi connectivity index (χ2n) is 10.0. The normalized spacial score (nSPS) is 16.3. The van der Waals surface area contributed by atoms with Crippen LogP contribution in [0.5, 0.6) is 0 Å². The van der Waals surface area contributed by atoms with Crippen LogP contribution in [0.1, 0.15) is 48.0 Å². The SMILES string of the molecule is NCC(O)CNC(=O)C(Cc1ccc2ccccc2c1)NC(=O)C1(NC(=O)c2ccccc2)CCCCC1. The van der Waals surface area contributed by atoms with Crippen LogP contribution in [0.4, 0.5) is 0 Å². The van der Waals surface area contributed by atoms with E-state index in [1.165, 1.54) is 0 Å². The zero-order valence-electron chi connectivity index (χ0n) is 21.5. The lowest BCUT2D eigenvalue weighted by Crippen LogP contribution is -2.63. The summed E-state index contributed by atoms with van der Waals surface area (Å²) in [6.45, 7) is -0.00802. The number of aliphatic hydroxyl groups excluding tert-OH is 1. The van der Waals surface area contributed by atoms with Gasteiger partial charge in [-0.15, -0.1) is 0 Å². The number of carbonyl (C=O) groups is 3. The number of aliphatic hydroxyl groups is 1.